The highest BCUT2D eigenvalue weighted by molar-refractivity contribution is 6.31. The first kappa shape index (κ1) is 11.5. The molecule has 0 heterocycles. The molecule has 0 aromatic heterocycles. The van der Waals surface area contributed by atoms with Crippen molar-refractivity contribution in [2.24, 2.45) is 5.16 Å². The van der Waals surface area contributed by atoms with Crippen molar-refractivity contribution in [2.75, 3.05) is 0 Å². The molecule has 0 aliphatic carbocycles. The Labute approximate surface area is 104 Å². The van der Waals surface area contributed by atoms with Crippen LogP contribution in [0.1, 0.15) is 11.1 Å². The second-order valence-electron chi connectivity index (χ2n) is 3.48. The van der Waals surface area contributed by atoms with E-state index in [1.165, 1.54) is 6.07 Å². The monoisotopic (exact) mass is 247 g/mol. The third-order valence-electron chi connectivity index (χ3n) is 2.36. The SMILES string of the molecule is O/N=C(\c1ccccc1)c1cc(Cl)ccc1O. The molecule has 86 valence electrons. The summed E-state index contributed by atoms with van der Waals surface area (Å²) in [4.78, 5) is 0. The normalized spacial score (nSPS) is 11.5. The second-order valence-corrected chi connectivity index (χ2v) is 3.91. The molecule has 3 nitrogen and oxygen atoms in total. The summed E-state index contributed by atoms with van der Waals surface area (Å²) in [5, 5.41) is 22.5. The van der Waals surface area contributed by atoms with Gasteiger partial charge in [-0.2, -0.15) is 0 Å². The zero-order valence-corrected chi connectivity index (χ0v) is 9.59. The van der Waals surface area contributed by atoms with Gasteiger partial charge in [0.05, 0.1) is 0 Å². The van der Waals surface area contributed by atoms with Gasteiger partial charge >= 0.3 is 0 Å². The van der Waals surface area contributed by atoms with Gasteiger partial charge in [0.15, 0.2) is 0 Å². The van der Waals surface area contributed by atoms with Gasteiger partial charge in [-0.15, -0.1) is 0 Å². The molecule has 4 heteroatoms. The van der Waals surface area contributed by atoms with Gasteiger partial charge < -0.3 is 10.3 Å². The molecule has 0 fully saturated rings. The quantitative estimate of drug-likeness (QED) is 0.486. The molecule has 2 aromatic carbocycles. The van der Waals surface area contributed by atoms with Crippen LogP contribution in [0.25, 0.3) is 0 Å². The molecular weight excluding hydrogens is 238 g/mol. The summed E-state index contributed by atoms with van der Waals surface area (Å²) in [6, 6.07) is 13.7. The largest absolute Gasteiger partial charge is 0.507 e. The maximum atomic E-state index is 9.75. The van der Waals surface area contributed by atoms with Crippen LogP contribution in [-0.4, -0.2) is 16.0 Å². The van der Waals surface area contributed by atoms with E-state index in [9.17, 15) is 5.11 Å². The molecule has 2 rings (SSSR count). The lowest BCUT2D eigenvalue weighted by molar-refractivity contribution is 0.319. The van der Waals surface area contributed by atoms with Gasteiger partial charge in [0.25, 0.3) is 0 Å². The van der Waals surface area contributed by atoms with Gasteiger partial charge in [-0.3, -0.25) is 0 Å². The van der Waals surface area contributed by atoms with Crippen LogP contribution in [-0.2, 0) is 0 Å². The van der Waals surface area contributed by atoms with Gasteiger partial charge in [0.1, 0.15) is 11.5 Å². The van der Waals surface area contributed by atoms with Crippen LogP contribution >= 0.6 is 11.6 Å². The van der Waals surface area contributed by atoms with Crippen molar-refractivity contribution in [3.05, 3.63) is 64.7 Å². The number of hydrogen-bond donors (Lipinski definition) is 2. The molecule has 0 bridgehead atoms. The summed E-state index contributed by atoms with van der Waals surface area (Å²) in [6.45, 7) is 0. The molecular formula is C13H10ClNO2. The fourth-order valence-electron chi connectivity index (χ4n) is 1.56. The van der Waals surface area contributed by atoms with Crippen LogP contribution < -0.4 is 0 Å². The highest BCUT2D eigenvalue weighted by Gasteiger charge is 2.12. The fourth-order valence-corrected chi connectivity index (χ4v) is 1.73. The molecule has 2 N–H and O–H groups in total. The molecule has 0 spiro atoms. The summed E-state index contributed by atoms with van der Waals surface area (Å²) in [7, 11) is 0. The molecule has 0 saturated heterocycles. The topological polar surface area (TPSA) is 52.8 Å². The number of rotatable bonds is 2. The van der Waals surface area contributed by atoms with E-state index in [4.69, 9.17) is 16.8 Å². The summed E-state index contributed by atoms with van der Waals surface area (Å²) in [6.07, 6.45) is 0. The molecule has 0 aliphatic rings. The van der Waals surface area contributed by atoms with E-state index >= 15 is 0 Å². The standard InChI is InChI=1S/C13H10ClNO2/c14-10-6-7-12(16)11(8-10)13(15-17)9-4-2-1-3-5-9/h1-8,16-17H/b15-13+. The molecule has 0 unspecified atom stereocenters. The van der Waals surface area contributed by atoms with E-state index in [1.807, 2.05) is 18.2 Å². The van der Waals surface area contributed by atoms with Crippen LogP contribution in [0.2, 0.25) is 5.02 Å². The average Bonchev–Trinajstić information content (AvgIpc) is 2.36. The summed E-state index contributed by atoms with van der Waals surface area (Å²) in [5.41, 5.74) is 1.38. The van der Waals surface area contributed by atoms with Crippen molar-refractivity contribution in [2.45, 2.75) is 0 Å². The minimum Gasteiger partial charge on any atom is -0.507 e. The number of hydrogen-bond acceptors (Lipinski definition) is 3. The van der Waals surface area contributed by atoms with Crippen LogP contribution in [0.4, 0.5) is 0 Å². The first-order valence-corrected chi connectivity index (χ1v) is 5.36. The molecule has 17 heavy (non-hydrogen) atoms. The van der Waals surface area contributed by atoms with Crippen molar-refractivity contribution < 1.29 is 10.3 Å². The predicted molar refractivity (Wildman–Crippen MR) is 67.0 cm³/mol. The lowest BCUT2D eigenvalue weighted by Crippen LogP contribution is -2.03. The van der Waals surface area contributed by atoms with Crippen LogP contribution in [0.15, 0.2) is 53.7 Å². The van der Waals surface area contributed by atoms with E-state index in [-0.39, 0.29) is 11.5 Å². The van der Waals surface area contributed by atoms with Crippen LogP contribution in [0.3, 0.4) is 0 Å². The summed E-state index contributed by atoms with van der Waals surface area (Å²) < 4.78 is 0. The van der Waals surface area contributed by atoms with Gasteiger partial charge in [0, 0.05) is 16.1 Å². The number of oxime groups is 1. The fraction of sp³-hybridized carbons (Fsp3) is 0. The summed E-state index contributed by atoms with van der Waals surface area (Å²) in [5.74, 6) is 0.0195. The molecule has 0 atom stereocenters. The zero-order chi connectivity index (χ0) is 12.3. The van der Waals surface area contributed by atoms with Crippen molar-refractivity contribution in [3.63, 3.8) is 0 Å². The van der Waals surface area contributed by atoms with Gasteiger partial charge in [0.2, 0.25) is 0 Å². The third-order valence-corrected chi connectivity index (χ3v) is 2.60. The molecule has 0 aliphatic heterocycles. The Morgan fingerprint density at radius 3 is 2.41 bits per heavy atom. The number of phenolic OH excluding ortho intramolecular Hbond substituents is 1. The van der Waals surface area contributed by atoms with E-state index in [1.54, 1.807) is 24.3 Å². The van der Waals surface area contributed by atoms with E-state index < -0.39 is 0 Å². The maximum Gasteiger partial charge on any atom is 0.125 e. The van der Waals surface area contributed by atoms with Gasteiger partial charge in [-0.1, -0.05) is 47.1 Å². The minimum absolute atomic E-state index is 0.0195. The Balaban J connectivity index is 2.54. The highest BCUT2D eigenvalue weighted by atomic mass is 35.5. The number of halogens is 1. The predicted octanol–water partition coefficient (Wildman–Crippen LogP) is 3.27. The number of benzene rings is 2. The smallest absolute Gasteiger partial charge is 0.125 e. The van der Waals surface area contributed by atoms with Crippen molar-refractivity contribution >= 4 is 17.3 Å². The Hall–Kier alpha value is -2.00. The van der Waals surface area contributed by atoms with Gasteiger partial charge in [-0.05, 0) is 18.2 Å². The lowest BCUT2D eigenvalue weighted by Gasteiger charge is -2.07. The lowest BCUT2D eigenvalue weighted by atomic mass is 10.0. The van der Waals surface area contributed by atoms with E-state index in [2.05, 4.69) is 5.16 Å². The Morgan fingerprint density at radius 2 is 1.76 bits per heavy atom. The first-order chi connectivity index (χ1) is 8.22. The Morgan fingerprint density at radius 1 is 1.06 bits per heavy atom. The molecule has 2 aromatic rings. The molecule has 0 amide bonds. The number of aromatic hydroxyl groups is 1. The Bertz CT molecular complexity index is 553. The zero-order valence-electron chi connectivity index (χ0n) is 8.84. The van der Waals surface area contributed by atoms with Crippen molar-refractivity contribution in [3.8, 4) is 5.75 Å². The highest BCUT2D eigenvalue weighted by Crippen LogP contribution is 2.24. The van der Waals surface area contributed by atoms with E-state index in [0.29, 0.717) is 16.1 Å². The second kappa shape index (κ2) is 4.89. The summed E-state index contributed by atoms with van der Waals surface area (Å²) >= 11 is 5.86. The number of phenols is 1. The van der Waals surface area contributed by atoms with Crippen LogP contribution in [0.5, 0.6) is 5.75 Å². The van der Waals surface area contributed by atoms with Crippen molar-refractivity contribution in [1.82, 2.24) is 0 Å². The van der Waals surface area contributed by atoms with E-state index in [0.717, 1.165) is 0 Å². The Kier molecular flexibility index (Phi) is 3.30. The minimum atomic E-state index is 0.0195. The first-order valence-electron chi connectivity index (χ1n) is 4.98. The average molecular weight is 248 g/mol. The van der Waals surface area contributed by atoms with Crippen molar-refractivity contribution in [1.29, 1.82) is 0 Å². The molecule has 0 radical (unpaired) electrons. The number of nitrogens with zero attached hydrogens (tertiary/aromatic N) is 1. The molecule has 0 saturated carbocycles. The van der Waals surface area contributed by atoms with Crippen LogP contribution in [0, 0.1) is 0 Å². The third kappa shape index (κ3) is 2.40. The maximum absolute atomic E-state index is 9.75. The van der Waals surface area contributed by atoms with Gasteiger partial charge in [-0.25, -0.2) is 0 Å².